The summed E-state index contributed by atoms with van der Waals surface area (Å²) in [5, 5.41) is 4.42. The smallest absolute Gasteiger partial charge is 0.239 e. The summed E-state index contributed by atoms with van der Waals surface area (Å²) in [7, 11) is 1.68. The molecule has 32 heavy (non-hydrogen) atoms. The molecule has 0 aromatic heterocycles. The summed E-state index contributed by atoms with van der Waals surface area (Å²) in [4.78, 5) is 17.8. The Morgan fingerprint density at radius 2 is 1.81 bits per heavy atom. The van der Waals surface area contributed by atoms with E-state index in [2.05, 4.69) is 42.3 Å². The zero-order valence-corrected chi connectivity index (χ0v) is 20.3. The molecule has 2 aromatic carbocycles. The second-order valence-corrected chi connectivity index (χ2v) is 8.93. The van der Waals surface area contributed by atoms with Crippen molar-refractivity contribution in [2.45, 2.75) is 58.3 Å². The average Bonchev–Trinajstić information content (AvgIpc) is 3.21. The van der Waals surface area contributed by atoms with Crippen molar-refractivity contribution >= 4 is 17.5 Å². The third-order valence-corrected chi connectivity index (χ3v) is 6.44. The monoisotopic (exact) mass is 457 g/mol. The number of nitrogens with one attached hydrogen (secondary N) is 1. The SMILES string of the molecule is CCCN(CCC)C(=O)[C@@H]1C[C@H](NCc2ccc(OC)cc2)CN1Cc1ccccc1Cl. The van der Waals surface area contributed by atoms with Gasteiger partial charge in [0.1, 0.15) is 5.75 Å². The Hall–Kier alpha value is -2.08. The molecule has 3 rings (SSSR count). The van der Waals surface area contributed by atoms with E-state index in [1.165, 1.54) is 5.56 Å². The first-order chi connectivity index (χ1) is 15.5. The zero-order valence-electron chi connectivity index (χ0n) is 19.5. The number of amides is 1. The lowest BCUT2D eigenvalue weighted by molar-refractivity contribution is -0.136. The minimum Gasteiger partial charge on any atom is -0.497 e. The number of rotatable bonds is 11. The molecule has 2 atom stereocenters. The summed E-state index contributed by atoms with van der Waals surface area (Å²) >= 11 is 6.45. The Bertz CT molecular complexity index is 852. The van der Waals surface area contributed by atoms with E-state index in [1.807, 2.05) is 35.2 Å². The summed E-state index contributed by atoms with van der Waals surface area (Å²) in [5.74, 6) is 1.10. The number of benzene rings is 2. The van der Waals surface area contributed by atoms with E-state index in [9.17, 15) is 4.79 Å². The number of hydrogen-bond acceptors (Lipinski definition) is 4. The van der Waals surface area contributed by atoms with Gasteiger partial charge in [-0.1, -0.05) is 55.8 Å². The van der Waals surface area contributed by atoms with Crippen molar-refractivity contribution in [2.75, 3.05) is 26.7 Å². The van der Waals surface area contributed by atoms with Crippen LogP contribution >= 0.6 is 11.6 Å². The van der Waals surface area contributed by atoms with Gasteiger partial charge in [0.25, 0.3) is 0 Å². The molecule has 2 aromatic rings. The Morgan fingerprint density at radius 1 is 1.12 bits per heavy atom. The first-order valence-electron chi connectivity index (χ1n) is 11.7. The van der Waals surface area contributed by atoms with Gasteiger partial charge in [-0.3, -0.25) is 9.69 Å². The summed E-state index contributed by atoms with van der Waals surface area (Å²) in [6.07, 6.45) is 2.76. The predicted octanol–water partition coefficient (Wildman–Crippen LogP) is 4.73. The normalized spacial score (nSPS) is 18.6. The third kappa shape index (κ3) is 6.47. The van der Waals surface area contributed by atoms with E-state index in [4.69, 9.17) is 16.3 Å². The van der Waals surface area contributed by atoms with Crippen molar-refractivity contribution in [1.82, 2.24) is 15.1 Å². The predicted molar refractivity (Wildman–Crippen MR) is 131 cm³/mol. The van der Waals surface area contributed by atoms with E-state index in [0.717, 1.165) is 61.8 Å². The molecule has 1 saturated heterocycles. The summed E-state index contributed by atoms with van der Waals surface area (Å²) in [5.41, 5.74) is 2.28. The van der Waals surface area contributed by atoms with Gasteiger partial charge >= 0.3 is 0 Å². The molecule has 1 aliphatic rings. The lowest BCUT2D eigenvalue weighted by Crippen LogP contribution is -2.46. The molecule has 0 saturated carbocycles. The van der Waals surface area contributed by atoms with Gasteiger partial charge < -0.3 is 15.0 Å². The van der Waals surface area contributed by atoms with E-state index in [1.54, 1.807) is 7.11 Å². The van der Waals surface area contributed by atoms with Crippen LogP contribution in [0.4, 0.5) is 0 Å². The van der Waals surface area contributed by atoms with Crippen molar-refractivity contribution in [3.05, 3.63) is 64.7 Å². The highest BCUT2D eigenvalue weighted by Crippen LogP contribution is 2.26. The number of halogens is 1. The number of carbonyl (C=O) groups excluding carboxylic acids is 1. The molecule has 1 amide bonds. The van der Waals surface area contributed by atoms with Crippen LogP contribution in [0.25, 0.3) is 0 Å². The van der Waals surface area contributed by atoms with Gasteiger partial charge in [-0.25, -0.2) is 0 Å². The van der Waals surface area contributed by atoms with Crippen molar-refractivity contribution in [1.29, 1.82) is 0 Å². The number of hydrogen-bond donors (Lipinski definition) is 1. The van der Waals surface area contributed by atoms with Crippen LogP contribution in [0.3, 0.4) is 0 Å². The minimum absolute atomic E-state index is 0.127. The summed E-state index contributed by atoms with van der Waals surface area (Å²) in [6, 6.07) is 16.2. The Kier molecular flexibility index (Phi) is 9.39. The molecule has 1 N–H and O–H groups in total. The molecule has 0 aliphatic carbocycles. The molecule has 1 heterocycles. The molecule has 0 bridgehead atoms. The van der Waals surface area contributed by atoms with Gasteiger partial charge in [0, 0.05) is 43.8 Å². The lowest BCUT2D eigenvalue weighted by atomic mass is 10.1. The second kappa shape index (κ2) is 12.2. The molecule has 5 nitrogen and oxygen atoms in total. The highest BCUT2D eigenvalue weighted by atomic mass is 35.5. The first kappa shape index (κ1) is 24.6. The maximum atomic E-state index is 13.5. The van der Waals surface area contributed by atoms with E-state index in [0.29, 0.717) is 6.54 Å². The average molecular weight is 458 g/mol. The van der Waals surface area contributed by atoms with Crippen LogP contribution in [0.1, 0.15) is 44.2 Å². The molecule has 6 heteroatoms. The second-order valence-electron chi connectivity index (χ2n) is 8.52. The first-order valence-corrected chi connectivity index (χ1v) is 12.1. The van der Waals surface area contributed by atoms with Crippen molar-refractivity contribution in [3.8, 4) is 5.75 Å². The zero-order chi connectivity index (χ0) is 22.9. The number of ether oxygens (including phenoxy) is 1. The molecular weight excluding hydrogens is 422 g/mol. The molecule has 1 fully saturated rings. The molecule has 0 unspecified atom stereocenters. The van der Waals surface area contributed by atoms with E-state index >= 15 is 0 Å². The summed E-state index contributed by atoms with van der Waals surface area (Å²) in [6.45, 7) is 8.16. The van der Waals surface area contributed by atoms with Crippen LogP contribution in [0.15, 0.2) is 48.5 Å². The number of methoxy groups -OCH3 is 1. The maximum Gasteiger partial charge on any atom is 0.239 e. The fourth-order valence-electron chi connectivity index (χ4n) is 4.42. The van der Waals surface area contributed by atoms with E-state index in [-0.39, 0.29) is 18.0 Å². The number of nitrogens with zero attached hydrogens (tertiary/aromatic N) is 2. The quantitative estimate of drug-likeness (QED) is 0.529. The maximum absolute atomic E-state index is 13.5. The van der Waals surface area contributed by atoms with Crippen molar-refractivity contribution in [2.24, 2.45) is 0 Å². The van der Waals surface area contributed by atoms with Crippen LogP contribution < -0.4 is 10.1 Å². The van der Waals surface area contributed by atoms with Crippen LogP contribution in [0.5, 0.6) is 5.75 Å². The van der Waals surface area contributed by atoms with Gasteiger partial charge in [0.15, 0.2) is 0 Å². The standard InChI is InChI=1S/C26H36ClN3O2/c1-4-14-29(15-5-2)26(31)25-16-22(28-17-20-10-12-23(32-3)13-11-20)19-30(25)18-21-8-6-7-9-24(21)27/h6-13,22,25,28H,4-5,14-19H2,1-3H3/t22-,25-/m0/s1. The largest absolute Gasteiger partial charge is 0.497 e. The van der Waals surface area contributed by atoms with Gasteiger partial charge in [-0.15, -0.1) is 0 Å². The molecular formula is C26H36ClN3O2. The van der Waals surface area contributed by atoms with Gasteiger partial charge in [-0.2, -0.15) is 0 Å². The van der Waals surface area contributed by atoms with Crippen LogP contribution in [0.2, 0.25) is 5.02 Å². The molecule has 1 aliphatic heterocycles. The van der Waals surface area contributed by atoms with Gasteiger partial charge in [0.05, 0.1) is 13.2 Å². The molecule has 0 spiro atoms. The van der Waals surface area contributed by atoms with E-state index < -0.39 is 0 Å². The Labute approximate surface area is 197 Å². The number of carbonyl (C=O) groups is 1. The highest BCUT2D eigenvalue weighted by molar-refractivity contribution is 6.31. The third-order valence-electron chi connectivity index (χ3n) is 6.07. The van der Waals surface area contributed by atoms with Gasteiger partial charge in [-0.05, 0) is 48.6 Å². The van der Waals surface area contributed by atoms with Gasteiger partial charge in [0.2, 0.25) is 5.91 Å². The lowest BCUT2D eigenvalue weighted by Gasteiger charge is -2.30. The van der Waals surface area contributed by atoms with Crippen molar-refractivity contribution < 1.29 is 9.53 Å². The van der Waals surface area contributed by atoms with Crippen LogP contribution in [0, 0.1) is 0 Å². The Balaban J connectivity index is 1.71. The fraction of sp³-hybridized carbons (Fsp3) is 0.500. The Morgan fingerprint density at radius 3 is 2.44 bits per heavy atom. The van der Waals surface area contributed by atoms with Crippen LogP contribution in [-0.4, -0.2) is 54.5 Å². The molecule has 0 radical (unpaired) electrons. The fourth-order valence-corrected chi connectivity index (χ4v) is 4.61. The highest BCUT2D eigenvalue weighted by Gasteiger charge is 2.38. The summed E-state index contributed by atoms with van der Waals surface area (Å²) < 4.78 is 5.25. The minimum atomic E-state index is -0.127. The molecule has 174 valence electrons. The number of likely N-dealkylation sites (tertiary alicyclic amines) is 1. The van der Waals surface area contributed by atoms with Crippen LogP contribution in [-0.2, 0) is 17.9 Å². The topological polar surface area (TPSA) is 44.8 Å². The van der Waals surface area contributed by atoms with Crippen molar-refractivity contribution in [3.63, 3.8) is 0 Å².